The lowest BCUT2D eigenvalue weighted by Crippen LogP contribution is -2.32. The molecule has 0 aromatic carbocycles. The van der Waals surface area contributed by atoms with Crippen LogP contribution in [0.2, 0.25) is 0 Å². The molecule has 1 atom stereocenters. The highest BCUT2D eigenvalue weighted by atomic mass is 32.1. The van der Waals surface area contributed by atoms with Gasteiger partial charge in [-0.05, 0) is 55.1 Å². The number of nitrogens with two attached hydrogens (primary N) is 1. The van der Waals surface area contributed by atoms with Crippen LogP contribution in [0, 0.1) is 5.41 Å². The number of nitrogens with zero attached hydrogens (tertiary/aromatic N) is 1. The Morgan fingerprint density at radius 1 is 1.50 bits per heavy atom. The third kappa shape index (κ3) is 5.92. The third-order valence-corrected chi connectivity index (χ3v) is 4.38. The van der Waals surface area contributed by atoms with Crippen molar-refractivity contribution in [3.63, 3.8) is 0 Å². The summed E-state index contributed by atoms with van der Waals surface area (Å²) in [6, 6.07) is 2.68. The lowest BCUT2D eigenvalue weighted by Gasteiger charge is -2.22. The number of hydrogen-bond acceptors (Lipinski definition) is 4. The van der Waals surface area contributed by atoms with Gasteiger partial charge in [-0.3, -0.25) is 0 Å². The van der Waals surface area contributed by atoms with Gasteiger partial charge in [0.15, 0.2) is 0 Å². The van der Waals surface area contributed by atoms with E-state index in [1.807, 2.05) is 13.8 Å². The molecule has 0 amide bonds. The van der Waals surface area contributed by atoms with Crippen LogP contribution in [-0.2, 0) is 6.42 Å². The molecule has 1 aromatic heterocycles. The minimum Gasteiger partial charge on any atom is -0.409 e. The van der Waals surface area contributed by atoms with E-state index in [1.54, 1.807) is 11.3 Å². The van der Waals surface area contributed by atoms with E-state index in [1.165, 1.54) is 5.56 Å². The molecule has 0 bridgehead atoms. The first kappa shape index (κ1) is 17.0. The second-order valence-electron chi connectivity index (χ2n) is 6.02. The van der Waals surface area contributed by atoms with Crippen molar-refractivity contribution >= 4 is 17.2 Å². The number of nitrogens with one attached hydrogen (secondary N) is 1. The van der Waals surface area contributed by atoms with Crippen LogP contribution in [0.3, 0.4) is 0 Å². The van der Waals surface area contributed by atoms with Crippen LogP contribution in [0.15, 0.2) is 22.0 Å². The first-order valence-corrected chi connectivity index (χ1v) is 8.12. The predicted octanol–water partition coefficient (Wildman–Crippen LogP) is 3.21. The number of amidine groups is 1. The van der Waals surface area contributed by atoms with E-state index in [0.717, 1.165) is 32.2 Å². The zero-order chi connectivity index (χ0) is 15.0. The molecule has 0 spiro atoms. The molecule has 0 saturated carbocycles. The summed E-state index contributed by atoms with van der Waals surface area (Å²) >= 11 is 1.75. The minimum absolute atomic E-state index is 0.225. The van der Waals surface area contributed by atoms with Gasteiger partial charge in [0, 0.05) is 11.5 Å². The van der Waals surface area contributed by atoms with Gasteiger partial charge in [-0.2, -0.15) is 11.3 Å². The lowest BCUT2D eigenvalue weighted by atomic mass is 9.86. The second kappa shape index (κ2) is 8.27. The monoisotopic (exact) mass is 297 g/mol. The van der Waals surface area contributed by atoms with E-state index < -0.39 is 0 Å². The summed E-state index contributed by atoms with van der Waals surface area (Å²) in [6.07, 6.45) is 4.19. The van der Waals surface area contributed by atoms with Crippen molar-refractivity contribution in [3.05, 3.63) is 22.4 Å². The molecule has 4 nitrogen and oxygen atoms in total. The van der Waals surface area contributed by atoms with Crippen molar-refractivity contribution in [1.82, 2.24) is 5.32 Å². The highest BCUT2D eigenvalue weighted by Crippen LogP contribution is 2.23. The van der Waals surface area contributed by atoms with E-state index in [9.17, 15) is 0 Å². The third-order valence-electron chi connectivity index (χ3n) is 3.64. The van der Waals surface area contributed by atoms with Gasteiger partial charge in [0.05, 0.1) is 0 Å². The van der Waals surface area contributed by atoms with Crippen LogP contribution >= 0.6 is 11.3 Å². The van der Waals surface area contributed by atoms with Crippen LogP contribution in [-0.4, -0.2) is 23.6 Å². The number of unbranched alkanes of at least 4 members (excludes halogenated alkanes) is 1. The number of hydrogen-bond donors (Lipinski definition) is 3. The van der Waals surface area contributed by atoms with E-state index >= 15 is 0 Å². The van der Waals surface area contributed by atoms with Crippen molar-refractivity contribution in [2.75, 3.05) is 6.54 Å². The Morgan fingerprint density at radius 2 is 2.25 bits per heavy atom. The van der Waals surface area contributed by atoms with Gasteiger partial charge in [-0.25, -0.2) is 0 Å². The Hall–Kier alpha value is -1.07. The predicted molar refractivity (Wildman–Crippen MR) is 86.5 cm³/mol. The molecule has 0 aliphatic rings. The topological polar surface area (TPSA) is 70.6 Å². The molecule has 1 heterocycles. The maximum absolute atomic E-state index is 8.72. The van der Waals surface area contributed by atoms with E-state index in [4.69, 9.17) is 10.9 Å². The molecular weight excluding hydrogens is 270 g/mol. The second-order valence-corrected chi connectivity index (χ2v) is 6.80. The number of thiophene rings is 1. The summed E-state index contributed by atoms with van der Waals surface area (Å²) in [5.41, 5.74) is 6.86. The van der Waals surface area contributed by atoms with Crippen LogP contribution in [0.25, 0.3) is 0 Å². The van der Waals surface area contributed by atoms with Crippen LogP contribution < -0.4 is 11.1 Å². The van der Waals surface area contributed by atoms with E-state index in [-0.39, 0.29) is 5.41 Å². The Balaban J connectivity index is 2.13. The highest BCUT2D eigenvalue weighted by molar-refractivity contribution is 7.07. The maximum Gasteiger partial charge on any atom is 0.144 e. The fourth-order valence-electron chi connectivity index (χ4n) is 2.14. The molecule has 1 aromatic rings. The summed E-state index contributed by atoms with van der Waals surface area (Å²) in [5.74, 6) is 0.316. The van der Waals surface area contributed by atoms with Gasteiger partial charge < -0.3 is 16.3 Å². The Labute approximate surface area is 126 Å². The van der Waals surface area contributed by atoms with Crippen molar-refractivity contribution < 1.29 is 5.21 Å². The fraction of sp³-hybridized carbons (Fsp3) is 0.667. The summed E-state index contributed by atoms with van der Waals surface area (Å²) < 4.78 is 0. The number of rotatable bonds is 9. The molecule has 1 rings (SSSR count). The molecule has 5 heteroatoms. The number of oxime groups is 1. The summed E-state index contributed by atoms with van der Waals surface area (Å²) in [5, 5.41) is 19.7. The molecule has 0 saturated heterocycles. The van der Waals surface area contributed by atoms with Crippen molar-refractivity contribution in [2.45, 2.75) is 52.5 Å². The average Bonchev–Trinajstić information content (AvgIpc) is 2.89. The fourth-order valence-corrected chi connectivity index (χ4v) is 2.82. The lowest BCUT2D eigenvalue weighted by molar-refractivity contribution is 0.304. The molecule has 0 aliphatic heterocycles. The smallest absolute Gasteiger partial charge is 0.144 e. The molecule has 1 unspecified atom stereocenters. The van der Waals surface area contributed by atoms with Gasteiger partial charge in [-0.1, -0.05) is 25.4 Å². The van der Waals surface area contributed by atoms with E-state index in [2.05, 4.69) is 34.2 Å². The quantitative estimate of drug-likeness (QED) is 0.215. The summed E-state index contributed by atoms with van der Waals surface area (Å²) in [6.45, 7) is 7.25. The molecule has 114 valence electrons. The molecule has 0 aliphatic carbocycles. The largest absolute Gasteiger partial charge is 0.409 e. The zero-order valence-corrected chi connectivity index (χ0v) is 13.5. The molecule has 0 radical (unpaired) electrons. The molecule has 4 N–H and O–H groups in total. The van der Waals surface area contributed by atoms with E-state index in [0.29, 0.717) is 11.9 Å². The zero-order valence-electron chi connectivity index (χ0n) is 12.7. The van der Waals surface area contributed by atoms with Gasteiger partial charge in [0.25, 0.3) is 0 Å². The first-order valence-electron chi connectivity index (χ1n) is 7.18. The molecular formula is C15H27N3OS. The molecule has 20 heavy (non-hydrogen) atoms. The van der Waals surface area contributed by atoms with Gasteiger partial charge in [-0.15, -0.1) is 0 Å². The summed E-state index contributed by atoms with van der Waals surface area (Å²) in [7, 11) is 0. The van der Waals surface area contributed by atoms with Crippen LogP contribution in [0.5, 0.6) is 0 Å². The van der Waals surface area contributed by atoms with Crippen LogP contribution in [0.4, 0.5) is 0 Å². The van der Waals surface area contributed by atoms with Crippen molar-refractivity contribution in [3.8, 4) is 0 Å². The van der Waals surface area contributed by atoms with Gasteiger partial charge in [0.2, 0.25) is 0 Å². The maximum atomic E-state index is 8.72. The average molecular weight is 297 g/mol. The van der Waals surface area contributed by atoms with Gasteiger partial charge in [0.1, 0.15) is 5.84 Å². The Morgan fingerprint density at radius 3 is 2.85 bits per heavy atom. The SMILES string of the molecule is CC(Cc1ccsc1)NCCCCC(C)(C)/C(N)=N/O. The highest BCUT2D eigenvalue weighted by Gasteiger charge is 2.22. The standard InChI is InChI=1S/C15H27N3OS/c1-12(10-13-6-9-20-11-13)17-8-5-4-7-15(2,3)14(16)18-19/h6,9,11-12,17,19H,4-5,7-8,10H2,1-3H3,(H2,16,18). The van der Waals surface area contributed by atoms with Crippen molar-refractivity contribution in [1.29, 1.82) is 0 Å². The van der Waals surface area contributed by atoms with Crippen molar-refractivity contribution in [2.24, 2.45) is 16.3 Å². The first-order chi connectivity index (χ1) is 9.45. The van der Waals surface area contributed by atoms with Crippen LogP contribution in [0.1, 0.15) is 45.6 Å². The van der Waals surface area contributed by atoms with Gasteiger partial charge >= 0.3 is 0 Å². The normalized spacial score (nSPS) is 14.4. The Bertz CT molecular complexity index is 401. The minimum atomic E-state index is -0.225. The Kier molecular flexibility index (Phi) is 7.02. The summed E-state index contributed by atoms with van der Waals surface area (Å²) in [4.78, 5) is 0. The molecule has 0 fully saturated rings.